The van der Waals surface area contributed by atoms with Crippen LogP contribution < -0.4 is 16.4 Å². The van der Waals surface area contributed by atoms with Crippen molar-refractivity contribution in [3.63, 3.8) is 0 Å². The fraction of sp³-hybridized carbons (Fsp3) is 0.258. The van der Waals surface area contributed by atoms with Gasteiger partial charge < -0.3 is 16.4 Å². The maximum Gasteiger partial charge on any atom is 0.165 e. The number of rotatable bonds is 5. The number of nitrogens with two attached hydrogens (primary N) is 2. The standard InChI is InChI=1S/C31H30FN7/c32-22-13-17-38(19-22)24-5-1-4-20(18-24)26-11-12-27-30(36-26)39(29(37-27)25-6-2-16-35-28(25)33)23-9-7-21(8-10-23)31(34)14-3-15-31/h1-2,4-12,16,18,22H,3,13-15,17,19,34H2,(H2,33,35)/t22-/m0/s1. The summed E-state index contributed by atoms with van der Waals surface area (Å²) in [5.74, 6) is 1.09. The van der Waals surface area contributed by atoms with E-state index < -0.39 is 6.17 Å². The Bertz CT molecular complexity index is 1670. The molecule has 0 radical (unpaired) electrons. The van der Waals surface area contributed by atoms with Crippen LogP contribution in [0.4, 0.5) is 15.9 Å². The zero-order valence-corrected chi connectivity index (χ0v) is 21.6. The minimum absolute atomic E-state index is 0.236. The Labute approximate surface area is 226 Å². The minimum Gasteiger partial charge on any atom is -0.383 e. The maximum absolute atomic E-state index is 13.9. The topological polar surface area (TPSA) is 98.9 Å². The van der Waals surface area contributed by atoms with Crippen LogP contribution in [0.5, 0.6) is 0 Å². The summed E-state index contributed by atoms with van der Waals surface area (Å²) in [5.41, 5.74) is 19.7. The summed E-state index contributed by atoms with van der Waals surface area (Å²) >= 11 is 0. The van der Waals surface area contributed by atoms with Crippen molar-refractivity contribution in [2.45, 2.75) is 37.4 Å². The Morgan fingerprint density at radius 2 is 1.77 bits per heavy atom. The third kappa shape index (κ3) is 4.12. The highest BCUT2D eigenvalue weighted by atomic mass is 19.1. The molecule has 1 atom stereocenters. The first-order valence-electron chi connectivity index (χ1n) is 13.5. The Hall–Kier alpha value is -4.30. The van der Waals surface area contributed by atoms with Gasteiger partial charge in [-0.2, -0.15) is 0 Å². The van der Waals surface area contributed by atoms with Crippen molar-refractivity contribution in [3.05, 3.63) is 84.6 Å². The van der Waals surface area contributed by atoms with Crippen LogP contribution in [0.3, 0.4) is 0 Å². The predicted molar refractivity (Wildman–Crippen MR) is 153 cm³/mol. The monoisotopic (exact) mass is 519 g/mol. The van der Waals surface area contributed by atoms with Crippen LogP contribution in [-0.2, 0) is 5.54 Å². The van der Waals surface area contributed by atoms with E-state index in [1.165, 1.54) is 0 Å². The molecule has 0 bridgehead atoms. The number of halogens is 1. The number of hydrogen-bond donors (Lipinski definition) is 2. The molecular weight excluding hydrogens is 489 g/mol. The molecule has 1 aliphatic heterocycles. The number of benzene rings is 2. The molecule has 1 saturated heterocycles. The van der Waals surface area contributed by atoms with E-state index >= 15 is 0 Å². The average Bonchev–Trinajstić information content (AvgIpc) is 3.55. The van der Waals surface area contributed by atoms with E-state index in [1.807, 2.05) is 47.0 Å². The number of anilines is 2. The molecule has 196 valence electrons. The van der Waals surface area contributed by atoms with Gasteiger partial charge in [-0.05, 0) is 79.8 Å². The quantitative estimate of drug-likeness (QED) is 0.313. The normalized spacial score (nSPS) is 18.4. The van der Waals surface area contributed by atoms with Gasteiger partial charge in [0.05, 0.1) is 11.3 Å². The van der Waals surface area contributed by atoms with Crippen molar-refractivity contribution in [1.29, 1.82) is 0 Å². The van der Waals surface area contributed by atoms with Crippen LogP contribution in [-0.4, -0.2) is 38.8 Å². The average molecular weight is 520 g/mol. The molecule has 0 spiro atoms. The number of nitrogen functional groups attached to an aromatic ring is 1. The van der Waals surface area contributed by atoms with Crippen LogP contribution in [0.2, 0.25) is 0 Å². The highest BCUT2D eigenvalue weighted by Gasteiger charge is 2.34. The van der Waals surface area contributed by atoms with Crippen LogP contribution in [0.25, 0.3) is 39.5 Å². The van der Waals surface area contributed by atoms with Crippen LogP contribution >= 0.6 is 0 Å². The van der Waals surface area contributed by atoms with Gasteiger partial charge in [0.2, 0.25) is 0 Å². The van der Waals surface area contributed by atoms with Gasteiger partial charge in [0.1, 0.15) is 17.5 Å². The second-order valence-electron chi connectivity index (χ2n) is 10.7. The number of alkyl halides is 1. The van der Waals surface area contributed by atoms with Crippen molar-refractivity contribution >= 4 is 22.7 Å². The van der Waals surface area contributed by atoms with E-state index in [-0.39, 0.29) is 5.54 Å². The first-order valence-corrected chi connectivity index (χ1v) is 13.5. The maximum atomic E-state index is 13.9. The van der Waals surface area contributed by atoms with Crippen molar-refractivity contribution in [2.24, 2.45) is 5.73 Å². The number of pyridine rings is 2. The molecule has 4 N–H and O–H groups in total. The molecule has 0 unspecified atom stereocenters. The van der Waals surface area contributed by atoms with Crippen molar-refractivity contribution in [3.8, 4) is 28.3 Å². The van der Waals surface area contributed by atoms with Gasteiger partial charge in [-0.3, -0.25) is 4.57 Å². The van der Waals surface area contributed by atoms with Crippen LogP contribution in [0, 0.1) is 0 Å². The number of hydrogen-bond acceptors (Lipinski definition) is 6. The van der Waals surface area contributed by atoms with E-state index in [4.69, 9.17) is 21.4 Å². The number of fused-ring (bicyclic) bond motifs is 1. The smallest absolute Gasteiger partial charge is 0.165 e. The highest BCUT2D eigenvalue weighted by Crippen LogP contribution is 2.39. The molecule has 1 saturated carbocycles. The molecule has 0 amide bonds. The fourth-order valence-corrected chi connectivity index (χ4v) is 5.75. The molecule has 7 nitrogen and oxygen atoms in total. The molecule has 2 fully saturated rings. The Balaban J connectivity index is 1.36. The first kappa shape index (κ1) is 23.8. The lowest BCUT2D eigenvalue weighted by Crippen LogP contribution is -2.43. The van der Waals surface area contributed by atoms with Gasteiger partial charge in [0.25, 0.3) is 0 Å². The summed E-state index contributed by atoms with van der Waals surface area (Å²) in [6.07, 6.45) is 4.64. The molecule has 3 aromatic heterocycles. The first-order chi connectivity index (χ1) is 19.0. The summed E-state index contributed by atoms with van der Waals surface area (Å²) in [5, 5.41) is 0. The third-order valence-electron chi connectivity index (χ3n) is 8.17. The van der Waals surface area contributed by atoms with E-state index in [0.717, 1.165) is 70.7 Å². The SMILES string of the molecule is Nc1ncccc1-c1nc2ccc(-c3cccc(N4CC[C@H](F)C4)c3)nc2n1-c1ccc(C2(N)CCC2)cc1. The summed E-state index contributed by atoms with van der Waals surface area (Å²) in [7, 11) is 0. The summed E-state index contributed by atoms with van der Waals surface area (Å²) in [4.78, 5) is 16.4. The van der Waals surface area contributed by atoms with Crippen molar-refractivity contribution in [1.82, 2.24) is 19.5 Å². The van der Waals surface area contributed by atoms with Gasteiger partial charge >= 0.3 is 0 Å². The Kier molecular flexibility index (Phi) is 5.59. The predicted octanol–water partition coefficient (Wildman–Crippen LogP) is 5.62. The van der Waals surface area contributed by atoms with E-state index in [2.05, 4.69) is 40.2 Å². The highest BCUT2D eigenvalue weighted by molar-refractivity contribution is 5.84. The van der Waals surface area contributed by atoms with E-state index in [9.17, 15) is 4.39 Å². The molecule has 2 aliphatic rings. The largest absolute Gasteiger partial charge is 0.383 e. The molecule has 4 heterocycles. The van der Waals surface area contributed by atoms with E-state index in [0.29, 0.717) is 24.6 Å². The van der Waals surface area contributed by atoms with Crippen molar-refractivity contribution in [2.75, 3.05) is 23.7 Å². The molecule has 1 aliphatic carbocycles. The van der Waals surface area contributed by atoms with Gasteiger partial charge in [0, 0.05) is 41.8 Å². The number of nitrogens with zero attached hydrogens (tertiary/aromatic N) is 5. The molecule has 5 aromatic rings. The van der Waals surface area contributed by atoms with Gasteiger partial charge in [0.15, 0.2) is 11.5 Å². The third-order valence-corrected chi connectivity index (χ3v) is 8.17. The molecule has 8 heteroatoms. The lowest BCUT2D eigenvalue weighted by Gasteiger charge is -2.38. The van der Waals surface area contributed by atoms with Crippen LogP contribution in [0.1, 0.15) is 31.2 Å². The van der Waals surface area contributed by atoms with Gasteiger partial charge in [-0.1, -0.05) is 24.3 Å². The lowest BCUT2D eigenvalue weighted by atomic mass is 9.73. The van der Waals surface area contributed by atoms with Crippen LogP contribution in [0.15, 0.2) is 79.0 Å². The van der Waals surface area contributed by atoms with Gasteiger partial charge in [-0.25, -0.2) is 19.3 Å². The fourth-order valence-electron chi connectivity index (χ4n) is 5.75. The van der Waals surface area contributed by atoms with E-state index in [1.54, 1.807) is 6.20 Å². The van der Waals surface area contributed by atoms with Gasteiger partial charge in [-0.15, -0.1) is 0 Å². The second kappa shape index (κ2) is 9.17. The molecule has 7 rings (SSSR count). The second-order valence-corrected chi connectivity index (χ2v) is 10.7. The number of imidazole rings is 1. The Morgan fingerprint density at radius 1 is 0.923 bits per heavy atom. The zero-order chi connectivity index (χ0) is 26.6. The molecule has 39 heavy (non-hydrogen) atoms. The minimum atomic E-state index is -0.777. The zero-order valence-electron chi connectivity index (χ0n) is 21.6. The summed E-state index contributed by atoms with van der Waals surface area (Å²) in [6.45, 7) is 1.15. The molecule has 2 aromatic carbocycles. The lowest BCUT2D eigenvalue weighted by molar-refractivity contribution is 0.253. The summed E-state index contributed by atoms with van der Waals surface area (Å²) < 4.78 is 15.9. The summed E-state index contributed by atoms with van der Waals surface area (Å²) in [6, 6.07) is 24.3. The Morgan fingerprint density at radius 3 is 2.49 bits per heavy atom. The molecular formula is C31H30FN7. The number of aromatic nitrogens is 4. The van der Waals surface area contributed by atoms with Crippen molar-refractivity contribution < 1.29 is 4.39 Å².